The highest BCUT2D eigenvalue weighted by molar-refractivity contribution is 6.02. The maximum atomic E-state index is 13.8. The molecule has 1 amide bonds. The normalized spacial score (nSPS) is 46.2. The second kappa shape index (κ2) is 10.2. The van der Waals surface area contributed by atoms with Crippen molar-refractivity contribution in [2.45, 2.75) is 89.1 Å². The van der Waals surface area contributed by atoms with Crippen LogP contribution in [0.4, 0.5) is 0 Å². The quantitative estimate of drug-likeness (QED) is 0.290. The van der Waals surface area contributed by atoms with Gasteiger partial charge < -0.3 is 35.2 Å². The molecule has 11 nitrogen and oxygen atoms in total. The number of ketones is 3. The fourth-order valence-corrected chi connectivity index (χ4v) is 8.38. The van der Waals surface area contributed by atoms with Crippen LogP contribution in [-0.2, 0) is 28.7 Å². The van der Waals surface area contributed by atoms with Crippen molar-refractivity contribution in [1.82, 2.24) is 5.32 Å². The first-order valence-corrected chi connectivity index (χ1v) is 14.0. The molecule has 1 aliphatic heterocycles. The van der Waals surface area contributed by atoms with Gasteiger partial charge in [0.05, 0.1) is 6.61 Å². The molecule has 0 aromatic rings. The highest BCUT2D eigenvalue weighted by Gasteiger charge is 2.68. The van der Waals surface area contributed by atoms with Crippen molar-refractivity contribution in [1.29, 1.82) is 0 Å². The number of nitrogens with one attached hydrogen (secondary N) is 1. The largest absolute Gasteiger partial charge is 0.394 e. The Morgan fingerprint density at radius 2 is 1.90 bits per heavy atom. The van der Waals surface area contributed by atoms with Gasteiger partial charge in [-0.05, 0) is 49.7 Å². The van der Waals surface area contributed by atoms with Crippen LogP contribution in [-0.4, -0.2) is 93.1 Å². The number of carbonyl (C=O) groups excluding carboxylic acids is 4. The number of hydrogen-bond donors (Lipinski definition) is 5. The van der Waals surface area contributed by atoms with Crippen molar-refractivity contribution in [3.8, 4) is 0 Å². The molecule has 3 unspecified atom stereocenters. The Hall–Kier alpha value is -2.28. The summed E-state index contributed by atoms with van der Waals surface area (Å²) in [6.45, 7) is 3.74. The lowest BCUT2D eigenvalue weighted by Gasteiger charge is -2.56. The summed E-state index contributed by atoms with van der Waals surface area (Å²) in [4.78, 5) is 51.1. The lowest BCUT2D eigenvalue weighted by atomic mass is 9.46. The number of hydrogen-bond acceptors (Lipinski definition) is 10. The Balaban J connectivity index is 1.35. The lowest BCUT2D eigenvalue weighted by molar-refractivity contribution is -0.269. The molecule has 0 aromatic carbocycles. The van der Waals surface area contributed by atoms with Crippen molar-refractivity contribution in [2.24, 2.45) is 28.6 Å². The van der Waals surface area contributed by atoms with E-state index in [1.165, 1.54) is 13.0 Å². The molecule has 11 heteroatoms. The standard InChI is InChI=1S/C29H39NO10/c1-14(32)30-23-25(37)24(36)20(12-31)40-26(23)39-13-21(35)29(38)9-7-18-17-5-4-15-10-16(33)6-8-27(15,2)22(17)19(34)11-28(18,29)3/h6,8,10,17-18,20,22-26,31,36-38H,4-5,7,9,11-13H2,1-3H3,(H,30,32)/t17?,18?,20-,22?,23-,24-,25-,26-,27+,28+,29+/m1/s1. The van der Waals surface area contributed by atoms with Gasteiger partial charge in [0.2, 0.25) is 5.91 Å². The van der Waals surface area contributed by atoms with Gasteiger partial charge in [0.25, 0.3) is 0 Å². The van der Waals surface area contributed by atoms with Gasteiger partial charge in [0.15, 0.2) is 17.9 Å². The third-order valence-corrected chi connectivity index (χ3v) is 10.5. The molecule has 0 aromatic heterocycles. The average molecular weight is 562 g/mol. The molecule has 11 atom stereocenters. The van der Waals surface area contributed by atoms with E-state index in [2.05, 4.69) is 5.32 Å². The van der Waals surface area contributed by atoms with Crippen molar-refractivity contribution in [3.05, 3.63) is 23.8 Å². The van der Waals surface area contributed by atoms with E-state index in [0.717, 1.165) is 5.57 Å². The molecule has 4 fully saturated rings. The summed E-state index contributed by atoms with van der Waals surface area (Å²) in [6, 6.07) is -1.22. The van der Waals surface area contributed by atoms with Crippen LogP contribution in [0, 0.1) is 28.6 Å². The minimum absolute atomic E-state index is 0.0116. The van der Waals surface area contributed by atoms with E-state index in [1.54, 1.807) is 13.0 Å². The fourth-order valence-electron chi connectivity index (χ4n) is 8.38. The van der Waals surface area contributed by atoms with Crippen LogP contribution >= 0.6 is 0 Å². The van der Waals surface area contributed by atoms with E-state index >= 15 is 0 Å². The maximum absolute atomic E-state index is 13.8. The lowest BCUT2D eigenvalue weighted by Crippen LogP contribution is -2.65. The highest BCUT2D eigenvalue weighted by atomic mass is 16.7. The van der Waals surface area contributed by atoms with Gasteiger partial charge >= 0.3 is 0 Å². The van der Waals surface area contributed by atoms with Gasteiger partial charge in [-0.3, -0.25) is 19.2 Å². The summed E-state index contributed by atoms with van der Waals surface area (Å²) in [6.07, 6.45) is 1.49. The second-order valence-electron chi connectivity index (χ2n) is 12.6. The summed E-state index contributed by atoms with van der Waals surface area (Å²) in [7, 11) is 0. The Morgan fingerprint density at radius 3 is 2.58 bits per heavy atom. The number of aliphatic hydroxyl groups excluding tert-OH is 3. The first-order chi connectivity index (χ1) is 18.8. The Morgan fingerprint density at radius 1 is 1.18 bits per heavy atom. The number of rotatable bonds is 6. The maximum Gasteiger partial charge on any atom is 0.217 e. The van der Waals surface area contributed by atoms with Crippen LogP contribution < -0.4 is 5.32 Å². The second-order valence-corrected chi connectivity index (χ2v) is 12.6. The molecule has 0 spiro atoms. The first-order valence-electron chi connectivity index (χ1n) is 14.0. The number of ether oxygens (including phenoxy) is 2. The molecule has 1 heterocycles. The smallest absolute Gasteiger partial charge is 0.217 e. The topological polar surface area (TPSA) is 180 Å². The van der Waals surface area contributed by atoms with Crippen LogP contribution in [0.15, 0.2) is 23.8 Å². The van der Waals surface area contributed by atoms with E-state index in [9.17, 15) is 39.6 Å². The van der Waals surface area contributed by atoms with Crippen LogP contribution in [0.5, 0.6) is 0 Å². The number of Topliss-reactive ketones (excluding diaryl/α,β-unsaturated/α-hetero) is 2. The zero-order valence-electron chi connectivity index (χ0n) is 23.0. The van der Waals surface area contributed by atoms with E-state index in [1.807, 2.05) is 13.0 Å². The van der Waals surface area contributed by atoms with Crippen molar-refractivity contribution in [3.63, 3.8) is 0 Å². The van der Waals surface area contributed by atoms with E-state index < -0.39 is 72.0 Å². The summed E-state index contributed by atoms with van der Waals surface area (Å²) in [5, 5.41) is 44.6. The van der Waals surface area contributed by atoms with Gasteiger partial charge in [0.1, 0.15) is 42.3 Å². The molecule has 5 rings (SSSR count). The van der Waals surface area contributed by atoms with Crippen LogP contribution in [0.2, 0.25) is 0 Å². The number of allylic oxidation sites excluding steroid dienone is 4. The van der Waals surface area contributed by atoms with Crippen LogP contribution in [0.1, 0.15) is 52.9 Å². The summed E-state index contributed by atoms with van der Waals surface area (Å²) < 4.78 is 11.2. The minimum Gasteiger partial charge on any atom is -0.394 e. The molecule has 4 aliphatic carbocycles. The average Bonchev–Trinajstić information content (AvgIpc) is 3.17. The SMILES string of the molecule is CC(=O)N[C@H]1[C@H](OCC(=O)[C@@]2(O)CCC3C4CCC5=CC(=O)C=C[C@]5(C)C4C(=O)C[C@@]32C)O[C@H](CO)[C@@H](O)[C@@H]1O. The van der Waals surface area contributed by atoms with Crippen molar-refractivity contribution < 1.29 is 49.1 Å². The highest BCUT2D eigenvalue weighted by Crippen LogP contribution is 2.66. The fraction of sp³-hybridized carbons (Fsp3) is 0.724. The van der Waals surface area contributed by atoms with Gasteiger partial charge in [-0.2, -0.15) is 0 Å². The molecular formula is C29H39NO10. The molecule has 3 saturated carbocycles. The first kappa shape index (κ1) is 29.2. The Labute approximate surface area is 232 Å². The predicted octanol–water partition coefficient (Wildman–Crippen LogP) is -0.266. The number of amides is 1. The molecule has 0 bridgehead atoms. The summed E-state index contributed by atoms with van der Waals surface area (Å²) in [5.41, 5.74) is -2.47. The molecule has 40 heavy (non-hydrogen) atoms. The van der Waals surface area contributed by atoms with Gasteiger partial charge in [0, 0.05) is 30.1 Å². The van der Waals surface area contributed by atoms with Gasteiger partial charge in [-0.1, -0.05) is 25.5 Å². The monoisotopic (exact) mass is 561 g/mol. The molecule has 220 valence electrons. The number of fused-ring (bicyclic) bond motifs is 5. The third-order valence-electron chi connectivity index (χ3n) is 10.5. The Bertz CT molecular complexity index is 1170. The predicted molar refractivity (Wildman–Crippen MR) is 138 cm³/mol. The molecule has 5 aliphatic rings. The minimum atomic E-state index is -1.85. The zero-order valence-corrected chi connectivity index (χ0v) is 23.0. The summed E-state index contributed by atoms with van der Waals surface area (Å²) >= 11 is 0. The van der Waals surface area contributed by atoms with Crippen molar-refractivity contribution in [2.75, 3.05) is 13.2 Å². The molecule has 5 N–H and O–H groups in total. The summed E-state index contributed by atoms with van der Waals surface area (Å²) in [5.74, 6) is -1.76. The molecule has 0 radical (unpaired) electrons. The van der Waals surface area contributed by atoms with E-state index in [-0.39, 0.29) is 42.2 Å². The number of aliphatic hydroxyl groups is 4. The van der Waals surface area contributed by atoms with Gasteiger partial charge in [-0.15, -0.1) is 0 Å². The van der Waals surface area contributed by atoms with Crippen LogP contribution in [0.25, 0.3) is 0 Å². The van der Waals surface area contributed by atoms with E-state index in [4.69, 9.17) is 9.47 Å². The van der Waals surface area contributed by atoms with Crippen LogP contribution in [0.3, 0.4) is 0 Å². The van der Waals surface area contributed by atoms with Gasteiger partial charge in [-0.25, -0.2) is 0 Å². The van der Waals surface area contributed by atoms with E-state index in [0.29, 0.717) is 19.3 Å². The zero-order chi connectivity index (χ0) is 29.2. The Kier molecular flexibility index (Phi) is 7.46. The molecular weight excluding hydrogens is 522 g/mol. The van der Waals surface area contributed by atoms with Crippen molar-refractivity contribution >= 4 is 23.3 Å². The third kappa shape index (κ3) is 4.33. The number of carbonyl (C=O) groups is 4. The molecule has 1 saturated heterocycles.